The normalized spacial score (nSPS) is 11.5. The van der Waals surface area contributed by atoms with Crippen molar-refractivity contribution >= 4 is 10.8 Å². The van der Waals surface area contributed by atoms with Crippen molar-refractivity contribution in [3.05, 3.63) is 164 Å². The fourth-order valence-electron chi connectivity index (χ4n) is 6.84. The summed E-state index contributed by atoms with van der Waals surface area (Å²) in [5, 5.41) is 2.58. The number of nitrogens with zero attached hydrogens (tertiary/aromatic N) is 3. The van der Waals surface area contributed by atoms with Crippen LogP contribution in [0.4, 0.5) is 0 Å². The molecule has 7 aromatic carbocycles. The van der Waals surface area contributed by atoms with Gasteiger partial charge in [-0.25, -0.2) is 15.0 Å². The highest BCUT2D eigenvalue weighted by molar-refractivity contribution is 6.19. The monoisotopic (exact) mass is 585 g/mol. The molecule has 0 aliphatic heterocycles. The van der Waals surface area contributed by atoms with Crippen LogP contribution in [-0.4, -0.2) is 15.0 Å². The molecule has 1 aliphatic rings. The zero-order valence-corrected chi connectivity index (χ0v) is 24.9. The third kappa shape index (κ3) is 4.25. The van der Waals surface area contributed by atoms with Gasteiger partial charge < -0.3 is 0 Å². The Hall–Kier alpha value is -6.19. The van der Waals surface area contributed by atoms with E-state index in [0.717, 1.165) is 27.8 Å². The summed E-state index contributed by atoms with van der Waals surface area (Å²) in [6.07, 6.45) is 0. The third-order valence-corrected chi connectivity index (χ3v) is 8.92. The zero-order valence-electron chi connectivity index (χ0n) is 24.9. The molecule has 9 rings (SSSR count). The van der Waals surface area contributed by atoms with Crippen LogP contribution in [0, 0.1) is 0 Å². The van der Waals surface area contributed by atoms with E-state index < -0.39 is 0 Å². The Kier molecular flexibility index (Phi) is 6.14. The molecule has 8 aromatic rings. The van der Waals surface area contributed by atoms with Gasteiger partial charge in [0, 0.05) is 16.7 Å². The molecule has 0 radical (unpaired) electrons. The van der Waals surface area contributed by atoms with E-state index in [1.54, 1.807) is 0 Å². The van der Waals surface area contributed by atoms with Crippen LogP contribution < -0.4 is 0 Å². The minimum atomic E-state index is 0.647. The summed E-state index contributed by atoms with van der Waals surface area (Å²) in [5.41, 5.74) is 12.7. The Morgan fingerprint density at radius 3 is 1.17 bits per heavy atom. The second-order valence-corrected chi connectivity index (χ2v) is 11.6. The maximum Gasteiger partial charge on any atom is 0.164 e. The summed E-state index contributed by atoms with van der Waals surface area (Å²) in [5.74, 6) is 1.95. The highest BCUT2D eigenvalue weighted by atomic mass is 15.0. The van der Waals surface area contributed by atoms with Crippen LogP contribution in [-0.2, 0) is 0 Å². The van der Waals surface area contributed by atoms with E-state index >= 15 is 0 Å². The molecule has 0 N–H and O–H groups in total. The molecule has 0 spiro atoms. The van der Waals surface area contributed by atoms with Gasteiger partial charge in [-0.15, -0.1) is 0 Å². The largest absolute Gasteiger partial charge is 0.208 e. The maximum atomic E-state index is 5.07. The molecule has 1 heterocycles. The Labute approximate surface area is 267 Å². The Morgan fingerprint density at radius 1 is 0.239 bits per heavy atom. The molecule has 46 heavy (non-hydrogen) atoms. The minimum absolute atomic E-state index is 0.647. The molecule has 0 saturated carbocycles. The Morgan fingerprint density at radius 2 is 0.609 bits per heavy atom. The van der Waals surface area contributed by atoms with Crippen molar-refractivity contribution in [2.45, 2.75) is 0 Å². The lowest BCUT2D eigenvalue weighted by Gasteiger charge is -2.17. The van der Waals surface area contributed by atoms with Crippen LogP contribution in [0.25, 0.3) is 89.4 Å². The summed E-state index contributed by atoms with van der Waals surface area (Å²) in [6, 6.07) is 57.4. The molecule has 0 saturated heterocycles. The van der Waals surface area contributed by atoms with Crippen molar-refractivity contribution in [1.82, 2.24) is 15.0 Å². The SMILES string of the molecule is c1ccc(-c2nc(-c3ccccc3)nc(-c3ccccc3-c3ccccc3-c3ccc4c5c(cccc35)-c3ccccc3-4)n2)cc1. The highest BCUT2D eigenvalue weighted by Gasteiger charge is 2.23. The number of fused-ring (bicyclic) bond motifs is 3. The molecule has 0 fully saturated rings. The van der Waals surface area contributed by atoms with Crippen molar-refractivity contribution in [3.63, 3.8) is 0 Å². The predicted octanol–water partition coefficient (Wildman–Crippen LogP) is 11.0. The average Bonchev–Trinajstić information content (AvgIpc) is 3.47. The molecular weight excluding hydrogens is 558 g/mol. The van der Waals surface area contributed by atoms with Crippen molar-refractivity contribution in [3.8, 4) is 78.7 Å². The van der Waals surface area contributed by atoms with Crippen LogP contribution in [0.15, 0.2) is 164 Å². The fraction of sp³-hybridized carbons (Fsp3) is 0. The van der Waals surface area contributed by atoms with Crippen molar-refractivity contribution in [2.75, 3.05) is 0 Å². The molecule has 214 valence electrons. The summed E-state index contributed by atoms with van der Waals surface area (Å²) >= 11 is 0. The molecule has 0 unspecified atom stereocenters. The minimum Gasteiger partial charge on any atom is -0.208 e. The van der Waals surface area contributed by atoms with Gasteiger partial charge in [0.2, 0.25) is 0 Å². The van der Waals surface area contributed by atoms with Gasteiger partial charge in [0.25, 0.3) is 0 Å². The van der Waals surface area contributed by atoms with Crippen molar-refractivity contribution in [1.29, 1.82) is 0 Å². The number of hydrogen-bond acceptors (Lipinski definition) is 3. The summed E-state index contributed by atoms with van der Waals surface area (Å²) < 4.78 is 0. The fourth-order valence-corrected chi connectivity index (χ4v) is 6.84. The van der Waals surface area contributed by atoms with Gasteiger partial charge in [-0.1, -0.05) is 164 Å². The van der Waals surface area contributed by atoms with E-state index in [0.29, 0.717) is 17.5 Å². The van der Waals surface area contributed by atoms with E-state index in [-0.39, 0.29) is 0 Å². The molecule has 0 bridgehead atoms. The van der Waals surface area contributed by atoms with Gasteiger partial charge in [0.15, 0.2) is 17.5 Å². The van der Waals surface area contributed by atoms with E-state index in [9.17, 15) is 0 Å². The molecule has 0 amide bonds. The molecular formula is C43H27N3. The molecule has 3 nitrogen and oxygen atoms in total. The standard InChI is InChI=1S/C43H27N3/c1-3-14-28(15-4-1)41-44-42(29-16-5-2-6-17-29)46-43(45-41)39-23-12-11-22-34(39)30-18-7-8-19-31(30)35-26-27-38-33-21-10-9-20-32(33)36-24-13-25-37(35)40(36)38/h1-27H. The van der Waals surface area contributed by atoms with Gasteiger partial charge in [0.1, 0.15) is 0 Å². The van der Waals surface area contributed by atoms with Crippen LogP contribution in [0.2, 0.25) is 0 Å². The predicted molar refractivity (Wildman–Crippen MR) is 189 cm³/mol. The van der Waals surface area contributed by atoms with Crippen molar-refractivity contribution < 1.29 is 0 Å². The topological polar surface area (TPSA) is 38.7 Å². The van der Waals surface area contributed by atoms with Gasteiger partial charge in [-0.3, -0.25) is 0 Å². The average molecular weight is 586 g/mol. The van der Waals surface area contributed by atoms with Crippen LogP contribution >= 0.6 is 0 Å². The van der Waals surface area contributed by atoms with E-state index in [1.807, 2.05) is 60.7 Å². The molecule has 1 aromatic heterocycles. The maximum absolute atomic E-state index is 5.07. The smallest absolute Gasteiger partial charge is 0.164 e. The highest BCUT2D eigenvalue weighted by Crippen LogP contribution is 2.50. The number of rotatable bonds is 5. The first-order chi connectivity index (χ1) is 22.8. The quantitative estimate of drug-likeness (QED) is 0.202. The Balaban J connectivity index is 1.25. The Bertz CT molecular complexity index is 2330. The van der Waals surface area contributed by atoms with E-state index in [2.05, 4.69) is 103 Å². The molecule has 3 heteroatoms. The molecule has 1 aliphatic carbocycles. The first kappa shape index (κ1) is 26.2. The number of aromatic nitrogens is 3. The summed E-state index contributed by atoms with van der Waals surface area (Å²) in [6.45, 7) is 0. The van der Waals surface area contributed by atoms with Crippen LogP contribution in [0.1, 0.15) is 0 Å². The van der Waals surface area contributed by atoms with Gasteiger partial charge in [-0.05, 0) is 55.3 Å². The summed E-state index contributed by atoms with van der Waals surface area (Å²) in [4.78, 5) is 15.1. The van der Waals surface area contributed by atoms with Crippen LogP contribution in [0.3, 0.4) is 0 Å². The number of hydrogen-bond donors (Lipinski definition) is 0. The third-order valence-electron chi connectivity index (χ3n) is 8.92. The lowest BCUT2D eigenvalue weighted by molar-refractivity contribution is 1.07. The van der Waals surface area contributed by atoms with Crippen molar-refractivity contribution in [2.24, 2.45) is 0 Å². The summed E-state index contributed by atoms with van der Waals surface area (Å²) in [7, 11) is 0. The number of benzene rings is 7. The lowest BCUT2D eigenvalue weighted by Crippen LogP contribution is -2.01. The zero-order chi connectivity index (χ0) is 30.5. The first-order valence-corrected chi connectivity index (χ1v) is 15.5. The second kappa shape index (κ2) is 10.8. The van der Waals surface area contributed by atoms with E-state index in [1.165, 1.54) is 44.2 Å². The van der Waals surface area contributed by atoms with Gasteiger partial charge in [-0.2, -0.15) is 0 Å². The van der Waals surface area contributed by atoms with E-state index in [4.69, 9.17) is 15.0 Å². The molecule has 0 atom stereocenters. The lowest BCUT2D eigenvalue weighted by atomic mass is 9.88. The van der Waals surface area contributed by atoms with Crippen LogP contribution in [0.5, 0.6) is 0 Å². The van der Waals surface area contributed by atoms with Gasteiger partial charge in [0.05, 0.1) is 0 Å². The second-order valence-electron chi connectivity index (χ2n) is 11.6. The first-order valence-electron chi connectivity index (χ1n) is 15.5. The van der Waals surface area contributed by atoms with Gasteiger partial charge >= 0.3 is 0 Å².